The minimum absolute atomic E-state index is 0.347. The van der Waals surface area contributed by atoms with Gasteiger partial charge in [0.05, 0.1) is 11.8 Å². The van der Waals surface area contributed by atoms with Crippen molar-refractivity contribution < 1.29 is 12.7 Å². The van der Waals surface area contributed by atoms with Gasteiger partial charge in [-0.3, -0.25) is 4.28 Å². The third kappa shape index (κ3) is 3.74. The summed E-state index contributed by atoms with van der Waals surface area (Å²) in [7, 11) is -3.67. The van der Waals surface area contributed by atoms with Crippen LogP contribution >= 0.6 is 11.8 Å². The molecule has 1 aliphatic rings. The van der Waals surface area contributed by atoms with Gasteiger partial charge in [0.2, 0.25) is 0 Å². The largest absolute Gasteiger partial charge is 0.325 e. The number of benzene rings is 1. The maximum atomic E-state index is 11.0. The number of hydrogen-bond donors (Lipinski definition) is 0. The monoisotopic (exact) mass is 320 g/mol. The highest BCUT2D eigenvalue weighted by Crippen LogP contribution is 2.31. The molecule has 0 bridgehead atoms. The van der Waals surface area contributed by atoms with Crippen molar-refractivity contribution in [1.82, 2.24) is 0 Å². The van der Waals surface area contributed by atoms with Gasteiger partial charge >= 0.3 is 10.1 Å². The molecule has 0 spiro atoms. The predicted octanol–water partition coefficient (Wildman–Crippen LogP) is 2.82. The summed E-state index contributed by atoms with van der Waals surface area (Å²) in [6.45, 7) is 1.91. The molecule has 2 rings (SSSR count). The van der Waals surface area contributed by atoms with E-state index in [1.54, 1.807) is 11.5 Å². The summed E-state index contributed by atoms with van der Waals surface area (Å²) in [5.41, 5.74) is 2.73. The van der Waals surface area contributed by atoms with E-state index in [0.717, 1.165) is 17.4 Å². The van der Waals surface area contributed by atoms with E-state index in [4.69, 9.17) is 0 Å². The zero-order valence-corrected chi connectivity index (χ0v) is 13.0. The lowest BCUT2D eigenvalue weighted by atomic mass is 9.97. The molecule has 0 saturated heterocycles. The normalized spacial score (nSPS) is 18.6. The van der Waals surface area contributed by atoms with Crippen molar-refractivity contribution in [3.05, 3.63) is 52.4 Å². The third-order valence-electron chi connectivity index (χ3n) is 2.70. The van der Waals surface area contributed by atoms with Crippen LogP contribution in [-0.2, 0) is 14.4 Å². The van der Waals surface area contributed by atoms with Crippen LogP contribution in [0, 0.1) is 18.3 Å². The Bertz CT molecular complexity index is 800. The van der Waals surface area contributed by atoms with Crippen molar-refractivity contribution in [1.29, 1.82) is 5.26 Å². The first-order valence-corrected chi connectivity index (χ1v) is 8.62. The number of hydrogen-bond acceptors (Lipinski definition) is 6. The molecule has 7 heteroatoms. The van der Waals surface area contributed by atoms with Gasteiger partial charge < -0.3 is 0 Å². The Hall–Kier alpha value is -2.04. The van der Waals surface area contributed by atoms with Gasteiger partial charge in [-0.25, -0.2) is 0 Å². The summed E-state index contributed by atoms with van der Waals surface area (Å²) in [5.74, 6) is 0. The highest BCUT2D eigenvalue weighted by molar-refractivity contribution is 8.17. The Labute approximate surface area is 127 Å². The minimum atomic E-state index is -3.67. The summed E-state index contributed by atoms with van der Waals surface area (Å²) in [6, 6.07) is 9.63. The first-order chi connectivity index (χ1) is 9.92. The summed E-state index contributed by atoms with van der Waals surface area (Å²) in [6.07, 6.45) is 2.64. The summed E-state index contributed by atoms with van der Waals surface area (Å²) < 4.78 is 26.5. The number of thioether (sulfide) groups is 1. The molecule has 108 valence electrons. The molecule has 0 aliphatic carbocycles. The molecule has 0 aromatic heterocycles. The van der Waals surface area contributed by atoms with Crippen molar-refractivity contribution >= 4 is 32.5 Å². The van der Waals surface area contributed by atoms with Crippen LogP contribution in [-0.4, -0.2) is 19.7 Å². The second kappa shape index (κ2) is 6.16. The molecule has 0 atom stereocenters. The molecule has 0 amide bonds. The Morgan fingerprint density at radius 3 is 2.71 bits per heavy atom. The second-order valence-corrected chi connectivity index (χ2v) is 6.76. The number of oxime groups is 1. The van der Waals surface area contributed by atoms with E-state index in [9.17, 15) is 13.7 Å². The van der Waals surface area contributed by atoms with E-state index in [2.05, 4.69) is 15.5 Å². The second-order valence-electron chi connectivity index (χ2n) is 4.31. The Morgan fingerprint density at radius 2 is 2.10 bits per heavy atom. The highest BCUT2D eigenvalue weighted by atomic mass is 32.2. The average Bonchev–Trinajstić information content (AvgIpc) is 2.87. The zero-order chi connectivity index (χ0) is 15.5. The van der Waals surface area contributed by atoms with E-state index in [0.29, 0.717) is 16.2 Å². The maximum absolute atomic E-state index is 11.0. The molecule has 21 heavy (non-hydrogen) atoms. The third-order valence-corrected chi connectivity index (χ3v) is 3.83. The molecule has 1 heterocycles. The quantitative estimate of drug-likeness (QED) is 0.632. The molecule has 1 aromatic rings. The van der Waals surface area contributed by atoms with Crippen LogP contribution in [0.25, 0.3) is 5.57 Å². The SMILES string of the molecule is Cc1ccccc1/C(C#N)=C1/C=CS/C1=N\OS(C)(=O)=O. The predicted molar refractivity (Wildman–Crippen MR) is 83.8 cm³/mol. The van der Waals surface area contributed by atoms with Crippen LogP contribution in [0.15, 0.2) is 46.5 Å². The fourth-order valence-electron chi connectivity index (χ4n) is 1.78. The molecular formula is C14H12N2O3S2. The van der Waals surface area contributed by atoms with Crippen molar-refractivity contribution in [3.63, 3.8) is 0 Å². The van der Waals surface area contributed by atoms with E-state index in [1.165, 1.54) is 11.8 Å². The van der Waals surface area contributed by atoms with Crippen molar-refractivity contribution in [3.8, 4) is 6.07 Å². The maximum Gasteiger partial charge on any atom is 0.325 e. The molecule has 0 radical (unpaired) electrons. The van der Waals surface area contributed by atoms with E-state index in [1.807, 2.05) is 31.2 Å². The van der Waals surface area contributed by atoms with Crippen molar-refractivity contribution in [2.45, 2.75) is 6.92 Å². The Morgan fingerprint density at radius 1 is 1.38 bits per heavy atom. The number of aryl methyl sites for hydroxylation is 1. The van der Waals surface area contributed by atoms with Gasteiger partial charge in [0.15, 0.2) is 0 Å². The number of rotatable bonds is 3. The summed E-state index contributed by atoms with van der Waals surface area (Å²) in [5, 5.41) is 15.1. The lowest BCUT2D eigenvalue weighted by Crippen LogP contribution is -2.02. The first kappa shape index (κ1) is 15.4. The fraction of sp³-hybridized carbons (Fsp3) is 0.143. The topological polar surface area (TPSA) is 79.5 Å². The lowest BCUT2D eigenvalue weighted by Gasteiger charge is -2.07. The van der Waals surface area contributed by atoms with Crippen molar-refractivity contribution in [2.24, 2.45) is 5.16 Å². The van der Waals surface area contributed by atoms with E-state index < -0.39 is 10.1 Å². The number of nitriles is 1. The molecular weight excluding hydrogens is 308 g/mol. The van der Waals surface area contributed by atoms with Gasteiger partial charge in [-0.05, 0) is 29.5 Å². The number of allylic oxidation sites excluding steroid dienone is 2. The van der Waals surface area contributed by atoms with Crippen LogP contribution in [0.3, 0.4) is 0 Å². The van der Waals surface area contributed by atoms with Gasteiger partial charge in [-0.2, -0.15) is 13.7 Å². The Kier molecular flexibility index (Phi) is 4.50. The van der Waals surface area contributed by atoms with Gasteiger partial charge in [0.1, 0.15) is 11.1 Å². The van der Waals surface area contributed by atoms with E-state index in [-0.39, 0.29) is 0 Å². The van der Waals surface area contributed by atoms with Crippen LogP contribution in [0.4, 0.5) is 0 Å². The molecule has 0 N–H and O–H groups in total. The molecule has 1 aromatic carbocycles. The molecule has 0 fully saturated rings. The van der Waals surface area contributed by atoms with Gasteiger partial charge in [0.25, 0.3) is 0 Å². The molecule has 0 unspecified atom stereocenters. The summed E-state index contributed by atoms with van der Waals surface area (Å²) >= 11 is 1.21. The van der Waals surface area contributed by atoms with Gasteiger partial charge in [-0.15, -0.1) is 0 Å². The van der Waals surface area contributed by atoms with Gasteiger partial charge in [0, 0.05) is 5.57 Å². The molecule has 5 nitrogen and oxygen atoms in total. The van der Waals surface area contributed by atoms with Crippen molar-refractivity contribution in [2.75, 3.05) is 6.26 Å². The minimum Gasteiger partial charge on any atom is -0.268 e. The molecule has 0 saturated carbocycles. The van der Waals surface area contributed by atoms with Crippen LogP contribution in [0.1, 0.15) is 11.1 Å². The standard InChI is InChI=1S/C14H12N2O3S2/c1-10-5-3-4-6-11(10)13(9-15)12-7-8-20-14(12)16-19-21(2,17)18/h3-8H,1-2H3/b13-12-,16-14-. The fourth-order valence-corrected chi connectivity index (χ4v) is 2.75. The smallest absolute Gasteiger partial charge is 0.268 e. The molecule has 1 aliphatic heterocycles. The zero-order valence-electron chi connectivity index (χ0n) is 11.4. The van der Waals surface area contributed by atoms with E-state index >= 15 is 0 Å². The first-order valence-electron chi connectivity index (χ1n) is 5.93. The van der Waals surface area contributed by atoms with Gasteiger partial charge in [-0.1, -0.05) is 41.2 Å². The Balaban J connectivity index is 2.51. The highest BCUT2D eigenvalue weighted by Gasteiger charge is 2.19. The summed E-state index contributed by atoms with van der Waals surface area (Å²) in [4.78, 5) is 0. The van der Waals surface area contributed by atoms with Crippen LogP contribution in [0.2, 0.25) is 0 Å². The number of nitrogens with zero attached hydrogens (tertiary/aromatic N) is 2. The average molecular weight is 320 g/mol. The lowest BCUT2D eigenvalue weighted by molar-refractivity contribution is 0.345. The van der Waals surface area contributed by atoms with Crippen LogP contribution < -0.4 is 0 Å². The van der Waals surface area contributed by atoms with Crippen LogP contribution in [0.5, 0.6) is 0 Å².